The van der Waals surface area contributed by atoms with Crippen LogP contribution in [0.1, 0.15) is 16.8 Å². The van der Waals surface area contributed by atoms with Crippen LogP contribution in [0.2, 0.25) is 5.02 Å². The Morgan fingerprint density at radius 3 is 2.55 bits per heavy atom. The van der Waals surface area contributed by atoms with Crippen LogP contribution in [-0.4, -0.2) is 17.3 Å². The van der Waals surface area contributed by atoms with E-state index in [0.29, 0.717) is 34.1 Å². The molecular formula is C23H17ClN4O. The van der Waals surface area contributed by atoms with Crippen LogP contribution < -0.4 is 10.5 Å². The number of hydrogen-bond acceptors (Lipinski definition) is 5. The zero-order valence-corrected chi connectivity index (χ0v) is 16.4. The first-order valence-electron chi connectivity index (χ1n) is 8.98. The second kappa shape index (κ2) is 7.78. The molecule has 1 heterocycles. The van der Waals surface area contributed by atoms with Gasteiger partial charge in [0.25, 0.3) is 0 Å². The molecule has 0 bridgehead atoms. The zero-order valence-electron chi connectivity index (χ0n) is 15.7. The third-order valence-electron chi connectivity index (χ3n) is 4.82. The van der Waals surface area contributed by atoms with E-state index >= 15 is 0 Å². The van der Waals surface area contributed by atoms with Crippen molar-refractivity contribution in [2.75, 3.05) is 12.8 Å². The Balaban J connectivity index is 1.91. The number of ether oxygens (including phenoxy) is 1. The van der Waals surface area contributed by atoms with Gasteiger partial charge in [-0.1, -0.05) is 54.1 Å². The molecule has 0 aliphatic rings. The summed E-state index contributed by atoms with van der Waals surface area (Å²) >= 11 is 6.27. The summed E-state index contributed by atoms with van der Waals surface area (Å²) in [5.41, 5.74) is 10.5. The number of fused-ring (bicyclic) bond motifs is 1. The fourth-order valence-corrected chi connectivity index (χ4v) is 3.67. The number of aromatic nitrogens is 2. The highest BCUT2D eigenvalue weighted by Gasteiger charge is 2.16. The fourth-order valence-electron chi connectivity index (χ4n) is 3.39. The summed E-state index contributed by atoms with van der Waals surface area (Å²) in [6.07, 6.45) is 0.474. The minimum atomic E-state index is 0.409. The summed E-state index contributed by atoms with van der Waals surface area (Å²) in [4.78, 5) is 0. The average molecular weight is 401 g/mol. The van der Waals surface area contributed by atoms with Gasteiger partial charge in [0.05, 0.1) is 29.1 Å². The van der Waals surface area contributed by atoms with Gasteiger partial charge in [-0.05, 0) is 23.8 Å². The van der Waals surface area contributed by atoms with Crippen molar-refractivity contribution in [2.24, 2.45) is 0 Å². The Labute approximate surface area is 173 Å². The highest BCUT2D eigenvalue weighted by atomic mass is 35.5. The summed E-state index contributed by atoms with van der Waals surface area (Å²) in [6, 6.07) is 21.1. The van der Waals surface area contributed by atoms with Gasteiger partial charge in [-0.25, -0.2) is 0 Å². The van der Waals surface area contributed by atoms with Gasteiger partial charge in [-0.2, -0.15) is 10.4 Å². The predicted octanol–water partition coefficient (Wildman–Crippen LogP) is 5.00. The molecule has 0 fully saturated rings. The van der Waals surface area contributed by atoms with Crippen molar-refractivity contribution in [3.8, 4) is 23.1 Å². The number of nitriles is 1. The third-order valence-corrected chi connectivity index (χ3v) is 5.11. The number of rotatable bonds is 4. The molecule has 142 valence electrons. The van der Waals surface area contributed by atoms with Crippen LogP contribution in [0.4, 0.5) is 5.69 Å². The van der Waals surface area contributed by atoms with Gasteiger partial charge in [-0.15, -0.1) is 5.10 Å². The molecular weight excluding hydrogens is 384 g/mol. The first-order valence-corrected chi connectivity index (χ1v) is 9.36. The minimum Gasteiger partial charge on any atom is -0.495 e. The number of benzene rings is 3. The van der Waals surface area contributed by atoms with Crippen LogP contribution in [0.5, 0.6) is 5.75 Å². The van der Waals surface area contributed by atoms with E-state index < -0.39 is 0 Å². The molecule has 1 aromatic heterocycles. The lowest BCUT2D eigenvalue weighted by atomic mass is 9.97. The van der Waals surface area contributed by atoms with E-state index in [1.165, 1.54) is 0 Å². The maximum atomic E-state index is 9.44. The summed E-state index contributed by atoms with van der Waals surface area (Å²) in [5, 5.41) is 20.5. The van der Waals surface area contributed by atoms with Crippen LogP contribution in [0.3, 0.4) is 0 Å². The van der Waals surface area contributed by atoms with Crippen molar-refractivity contribution in [2.45, 2.75) is 6.42 Å². The largest absolute Gasteiger partial charge is 0.495 e. The molecule has 29 heavy (non-hydrogen) atoms. The van der Waals surface area contributed by atoms with Gasteiger partial charge in [0.2, 0.25) is 0 Å². The molecule has 0 saturated heterocycles. The van der Waals surface area contributed by atoms with Crippen molar-refractivity contribution < 1.29 is 4.74 Å². The lowest BCUT2D eigenvalue weighted by Crippen LogP contribution is -2.03. The maximum absolute atomic E-state index is 9.44. The van der Waals surface area contributed by atoms with E-state index in [9.17, 15) is 5.26 Å². The topological polar surface area (TPSA) is 84.8 Å². The Morgan fingerprint density at radius 1 is 1.07 bits per heavy atom. The third kappa shape index (κ3) is 3.46. The normalized spacial score (nSPS) is 10.7. The van der Waals surface area contributed by atoms with Crippen molar-refractivity contribution in [3.63, 3.8) is 0 Å². The van der Waals surface area contributed by atoms with Crippen LogP contribution in [0.15, 0.2) is 60.7 Å². The van der Waals surface area contributed by atoms with Gasteiger partial charge in [0, 0.05) is 22.8 Å². The molecule has 5 nitrogen and oxygen atoms in total. The van der Waals surface area contributed by atoms with Crippen molar-refractivity contribution in [1.82, 2.24) is 10.2 Å². The molecule has 2 N–H and O–H groups in total. The number of halogens is 1. The lowest BCUT2D eigenvalue weighted by molar-refractivity contribution is 0.415. The first-order chi connectivity index (χ1) is 14.1. The monoisotopic (exact) mass is 400 g/mol. The minimum absolute atomic E-state index is 0.409. The van der Waals surface area contributed by atoms with Crippen LogP contribution in [-0.2, 0) is 6.42 Å². The smallest absolute Gasteiger partial charge is 0.137 e. The molecule has 6 heteroatoms. The quantitative estimate of drug-likeness (QED) is 0.487. The summed E-state index contributed by atoms with van der Waals surface area (Å²) < 4.78 is 5.22. The second-order valence-electron chi connectivity index (χ2n) is 6.57. The number of hydrogen-bond donors (Lipinski definition) is 1. The Morgan fingerprint density at radius 2 is 1.86 bits per heavy atom. The van der Waals surface area contributed by atoms with E-state index in [-0.39, 0.29) is 0 Å². The van der Waals surface area contributed by atoms with Gasteiger partial charge >= 0.3 is 0 Å². The summed E-state index contributed by atoms with van der Waals surface area (Å²) in [6.45, 7) is 0. The molecule has 0 unspecified atom stereocenters. The SMILES string of the molecule is COc1ccc(Cc2nnc(-c3ccccc3)c3ccc(C#N)c(N)c23)cc1Cl. The van der Waals surface area contributed by atoms with E-state index in [1.807, 2.05) is 54.6 Å². The van der Waals surface area contributed by atoms with Crippen LogP contribution in [0.25, 0.3) is 22.0 Å². The van der Waals surface area contributed by atoms with E-state index in [4.69, 9.17) is 22.1 Å². The molecule has 0 amide bonds. The number of anilines is 1. The van der Waals surface area contributed by atoms with Crippen LogP contribution >= 0.6 is 11.6 Å². The molecule has 0 radical (unpaired) electrons. The van der Waals surface area contributed by atoms with E-state index in [0.717, 1.165) is 27.6 Å². The van der Waals surface area contributed by atoms with Gasteiger partial charge in [0.15, 0.2) is 0 Å². The molecule has 4 aromatic rings. The number of nitrogens with zero attached hydrogens (tertiary/aromatic N) is 3. The standard InChI is InChI=1S/C23H17ClN4O/c1-29-20-10-7-14(11-18(20)24)12-19-21-17(9-8-16(13-25)22(21)26)23(28-27-19)15-5-3-2-4-6-15/h2-11H,12,26H2,1H3. The predicted molar refractivity (Wildman–Crippen MR) is 115 cm³/mol. The van der Waals surface area contributed by atoms with E-state index in [1.54, 1.807) is 13.2 Å². The van der Waals surface area contributed by atoms with Gasteiger partial charge in [-0.3, -0.25) is 0 Å². The Hall–Kier alpha value is -3.62. The zero-order chi connectivity index (χ0) is 20.4. The van der Waals surface area contributed by atoms with Gasteiger partial charge < -0.3 is 10.5 Å². The number of methoxy groups -OCH3 is 1. The van der Waals surface area contributed by atoms with Crippen molar-refractivity contribution >= 4 is 28.1 Å². The van der Waals surface area contributed by atoms with Crippen molar-refractivity contribution in [3.05, 3.63) is 82.5 Å². The molecule has 0 saturated carbocycles. The second-order valence-corrected chi connectivity index (χ2v) is 6.98. The molecule has 0 aliphatic heterocycles. The Bertz CT molecular complexity index is 1250. The van der Waals surface area contributed by atoms with Crippen molar-refractivity contribution in [1.29, 1.82) is 5.26 Å². The molecule has 4 rings (SSSR count). The van der Waals surface area contributed by atoms with Crippen LogP contribution in [0, 0.1) is 11.3 Å². The fraction of sp³-hybridized carbons (Fsp3) is 0.0870. The molecule has 0 atom stereocenters. The first kappa shape index (κ1) is 18.7. The van der Waals surface area contributed by atoms with E-state index in [2.05, 4.69) is 16.3 Å². The highest BCUT2D eigenvalue weighted by Crippen LogP contribution is 2.34. The number of nitrogen functional groups attached to an aromatic ring is 1. The maximum Gasteiger partial charge on any atom is 0.137 e. The summed E-state index contributed by atoms with van der Waals surface area (Å²) in [5.74, 6) is 0.608. The summed E-state index contributed by atoms with van der Waals surface area (Å²) in [7, 11) is 1.58. The average Bonchev–Trinajstić information content (AvgIpc) is 2.75. The molecule has 0 aliphatic carbocycles. The lowest BCUT2D eigenvalue weighted by Gasteiger charge is -2.13. The van der Waals surface area contributed by atoms with Gasteiger partial charge in [0.1, 0.15) is 17.5 Å². The number of nitrogens with two attached hydrogens (primary N) is 1. The highest BCUT2D eigenvalue weighted by molar-refractivity contribution is 6.32. The Kier molecular flexibility index (Phi) is 5.03. The molecule has 0 spiro atoms. The molecule has 3 aromatic carbocycles.